The molecular formula is C21H16ClF2N3O4. The Morgan fingerprint density at radius 3 is 2.68 bits per heavy atom. The van der Waals surface area contributed by atoms with Crippen LogP contribution in [0.4, 0.5) is 8.78 Å². The van der Waals surface area contributed by atoms with E-state index in [1.54, 1.807) is 0 Å². The molecule has 2 aromatic rings. The minimum atomic E-state index is -0.847. The molecule has 4 rings (SSSR count). The van der Waals surface area contributed by atoms with E-state index < -0.39 is 41.3 Å². The van der Waals surface area contributed by atoms with Gasteiger partial charge in [-0.25, -0.2) is 8.78 Å². The van der Waals surface area contributed by atoms with E-state index in [1.807, 2.05) is 0 Å². The second-order valence-electron chi connectivity index (χ2n) is 7.28. The first-order chi connectivity index (χ1) is 14.8. The van der Waals surface area contributed by atoms with Gasteiger partial charge in [-0.2, -0.15) is 0 Å². The van der Waals surface area contributed by atoms with Crippen molar-refractivity contribution in [3.8, 4) is 0 Å². The van der Waals surface area contributed by atoms with Gasteiger partial charge in [0.05, 0.1) is 11.6 Å². The SMILES string of the molecule is O=C1CCC(N2Cc3c(ccc(CNC(=O)c4ccc(Cl)c(F)c4)c3F)C2=O)C(=O)N1. The molecule has 2 heterocycles. The van der Waals surface area contributed by atoms with E-state index >= 15 is 4.39 Å². The van der Waals surface area contributed by atoms with Gasteiger partial charge in [0, 0.05) is 35.2 Å². The Morgan fingerprint density at radius 1 is 1.19 bits per heavy atom. The van der Waals surface area contributed by atoms with Crippen molar-refractivity contribution in [2.45, 2.75) is 32.0 Å². The van der Waals surface area contributed by atoms with E-state index in [4.69, 9.17) is 11.6 Å². The van der Waals surface area contributed by atoms with Gasteiger partial charge in [0.15, 0.2) is 0 Å². The summed E-state index contributed by atoms with van der Waals surface area (Å²) in [6.45, 7) is -0.300. The van der Waals surface area contributed by atoms with Crippen LogP contribution in [-0.4, -0.2) is 34.6 Å². The number of amides is 4. The Kier molecular flexibility index (Phi) is 5.45. The third kappa shape index (κ3) is 3.88. The van der Waals surface area contributed by atoms with Crippen LogP contribution in [0.3, 0.4) is 0 Å². The lowest BCUT2D eigenvalue weighted by Gasteiger charge is -2.29. The summed E-state index contributed by atoms with van der Waals surface area (Å²) in [6.07, 6.45) is 0.272. The van der Waals surface area contributed by atoms with Crippen molar-refractivity contribution in [1.82, 2.24) is 15.5 Å². The van der Waals surface area contributed by atoms with Crippen molar-refractivity contribution in [2.75, 3.05) is 0 Å². The maximum atomic E-state index is 15.1. The highest BCUT2D eigenvalue weighted by atomic mass is 35.5. The number of piperidine rings is 1. The lowest BCUT2D eigenvalue weighted by Crippen LogP contribution is -2.52. The quantitative estimate of drug-likeness (QED) is 0.703. The molecular weight excluding hydrogens is 432 g/mol. The molecule has 1 fully saturated rings. The normalized spacial score (nSPS) is 18.1. The molecule has 0 spiro atoms. The first kappa shape index (κ1) is 20.9. The number of hydrogen-bond acceptors (Lipinski definition) is 4. The molecule has 4 amide bonds. The highest BCUT2D eigenvalue weighted by Crippen LogP contribution is 2.30. The zero-order chi connectivity index (χ0) is 22.3. The van der Waals surface area contributed by atoms with Gasteiger partial charge in [0.25, 0.3) is 11.8 Å². The Labute approximate surface area is 180 Å². The third-order valence-corrected chi connectivity index (χ3v) is 5.66. The van der Waals surface area contributed by atoms with E-state index in [-0.39, 0.29) is 53.2 Å². The molecule has 2 aliphatic heterocycles. The number of hydrogen-bond donors (Lipinski definition) is 2. The molecule has 1 atom stereocenters. The summed E-state index contributed by atoms with van der Waals surface area (Å²) in [5.41, 5.74) is 0.429. The fraction of sp³-hybridized carbons (Fsp3) is 0.238. The van der Waals surface area contributed by atoms with Gasteiger partial charge in [-0.3, -0.25) is 24.5 Å². The van der Waals surface area contributed by atoms with Crippen molar-refractivity contribution in [3.05, 3.63) is 69.2 Å². The van der Waals surface area contributed by atoms with Crippen LogP contribution in [0.2, 0.25) is 5.02 Å². The number of fused-ring (bicyclic) bond motifs is 1. The van der Waals surface area contributed by atoms with Gasteiger partial charge in [-0.1, -0.05) is 17.7 Å². The zero-order valence-corrected chi connectivity index (χ0v) is 16.8. The van der Waals surface area contributed by atoms with Crippen molar-refractivity contribution >= 4 is 35.2 Å². The molecule has 0 saturated carbocycles. The Hall–Kier alpha value is -3.33. The minimum Gasteiger partial charge on any atom is -0.348 e. The third-order valence-electron chi connectivity index (χ3n) is 5.35. The highest BCUT2D eigenvalue weighted by molar-refractivity contribution is 6.30. The predicted octanol–water partition coefficient (Wildman–Crippen LogP) is 2.31. The number of carbonyl (C=O) groups is 4. The van der Waals surface area contributed by atoms with Gasteiger partial charge in [0.1, 0.15) is 17.7 Å². The van der Waals surface area contributed by atoms with Crippen LogP contribution in [0.5, 0.6) is 0 Å². The van der Waals surface area contributed by atoms with Crippen LogP contribution in [0, 0.1) is 11.6 Å². The number of nitrogens with one attached hydrogen (secondary N) is 2. The van der Waals surface area contributed by atoms with E-state index in [1.165, 1.54) is 29.2 Å². The number of benzene rings is 2. The lowest BCUT2D eigenvalue weighted by atomic mass is 10.0. The van der Waals surface area contributed by atoms with Crippen molar-refractivity contribution in [3.63, 3.8) is 0 Å². The standard InChI is InChI=1S/C21H16ClF2N3O4/c22-14-4-2-10(7-15(14)23)19(29)25-8-11-1-3-12-13(18(11)24)9-27(21(12)31)16-5-6-17(28)26-20(16)30/h1-4,7,16H,5-6,8-9H2,(H,25,29)(H,26,28,30). The van der Waals surface area contributed by atoms with Crippen LogP contribution in [0.1, 0.15) is 44.7 Å². The van der Waals surface area contributed by atoms with Crippen molar-refractivity contribution in [1.29, 1.82) is 0 Å². The van der Waals surface area contributed by atoms with Crippen LogP contribution in [-0.2, 0) is 22.7 Å². The molecule has 31 heavy (non-hydrogen) atoms. The molecule has 10 heteroatoms. The zero-order valence-electron chi connectivity index (χ0n) is 16.0. The molecule has 0 aliphatic carbocycles. The molecule has 0 bridgehead atoms. The van der Waals surface area contributed by atoms with Gasteiger partial charge in [-0.15, -0.1) is 0 Å². The molecule has 2 aliphatic rings. The molecule has 0 aromatic heterocycles. The van der Waals surface area contributed by atoms with Gasteiger partial charge in [-0.05, 0) is 30.7 Å². The Balaban J connectivity index is 1.49. The summed E-state index contributed by atoms with van der Waals surface area (Å²) in [5, 5.41) is 4.57. The average Bonchev–Trinajstić information content (AvgIpc) is 3.06. The highest BCUT2D eigenvalue weighted by Gasteiger charge is 2.40. The first-order valence-corrected chi connectivity index (χ1v) is 9.82. The molecule has 160 valence electrons. The second-order valence-corrected chi connectivity index (χ2v) is 7.68. The Morgan fingerprint density at radius 2 is 1.97 bits per heavy atom. The van der Waals surface area contributed by atoms with Crippen LogP contribution in [0.15, 0.2) is 30.3 Å². The molecule has 0 radical (unpaired) electrons. The summed E-state index contributed by atoms with van der Waals surface area (Å²) in [7, 11) is 0. The van der Waals surface area contributed by atoms with E-state index in [0.717, 1.165) is 6.07 Å². The summed E-state index contributed by atoms with van der Waals surface area (Å²) in [6, 6.07) is 5.54. The number of imide groups is 1. The second kappa shape index (κ2) is 8.07. The van der Waals surface area contributed by atoms with E-state index in [0.29, 0.717) is 0 Å². The van der Waals surface area contributed by atoms with E-state index in [9.17, 15) is 23.6 Å². The summed E-state index contributed by atoms with van der Waals surface area (Å²) in [5.74, 6) is -3.50. The Bertz CT molecular complexity index is 1140. The van der Waals surface area contributed by atoms with Crippen LogP contribution in [0.25, 0.3) is 0 Å². The smallest absolute Gasteiger partial charge is 0.255 e. The van der Waals surface area contributed by atoms with Gasteiger partial charge in [0.2, 0.25) is 11.8 Å². The summed E-state index contributed by atoms with van der Waals surface area (Å²) in [4.78, 5) is 49.6. The van der Waals surface area contributed by atoms with E-state index in [2.05, 4.69) is 10.6 Å². The fourth-order valence-electron chi connectivity index (χ4n) is 3.70. The number of nitrogens with zero attached hydrogens (tertiary/aromatic N) is 1. The molecule has 2 aromatic carbocycles. The molecule has 1 unspecified atom stereocenters. The maximum absolute atomic E-state index is 15.1. The minimum absolute atomic E-state index is 0.0303. The number of carbonyl (C=O) groups excluding carboxylic acids is 4. The number of halogens is 3. The predicted molar refractivity (Wildman–Crippen MR) is 105 cm³/mol. The summed E-state index contributed by atoms with van der Waals surface area (Å²) < 4.78 is 28.6. The average molecular weight is 448 g/mol. The van der Waals surface area contributed by atoms with Gasteiger partial charge >= 0.3 is 0 Å². The topological polar surface area (TPSA) is 95.6 Å². The van der Waals surface area contributed by atoms with Gasteiger partial charge < -0.3 is 10.2 Å². The first-order valence-electron chi connectivity index (χ1n) is 9.44. The molecule has 2 N–H and O–H groups in total. The molecule has 7 nitrogen and oxygen atoms in total. The summed E-state index contributed by atoms with van der Waals surface area (Å²) >= 11 is 5.60. The van der Waals surface area contributed by atoms with Crippen molar-refractivity contribution in [2.24, 2.45) is 0 Å². The largest absolute Gasteiger partial charge is 0.348 e. The number of rotatable bonds is 4. The fourth-order valence-corrected chi connectivity index (χ4v) is 3.82. The maximum Gasteiger partial charge on any atom is 0.255 e. The lowest BCUT2D eigenvalue weighted by molar-refractivity contribution is -0.136. The van der Waals surface area contributed by atoms with Crippen LogP contribution >= 0.6 is 11.6 Å². The monoisotopic (exact) mass is 447 g/mol. The molecule has 1 saturated heterocycles. The van der Waals surface area contributed by atoms with Crippen molar-refractivity contribution < 1.29 is 28.0 Å². The van der Waals surface area contributed by atoms with Crippen LogP contribution < -0.4 is 10.6 Å².